The quantitative estimate of drug-likeness (QED) is 0.852. The van der Waals surface area contributed by atoms with E-state index in [1.165, 1.54) is 0 Å². The Hall–Kier alpha value is -2.08. The SMILES string of the molecule is COc1ccc(C(=O)NCN2CCCC(C(=O)O)C2)cc1. The summed E-state index contributed by atoms with van der Waals surface area (Å²) in [5, 5.41) is 11.9. The monoisotopic (exact) mass is 292 g/mol. The second-order valence-electron chi connectivity index (χ2n) is 5.15. The third kappa shape index (κ3) is 4.19. The maximum atomic E-state index is 12.0. The van der Waals surface area contributed by atoms with E-state index in [4.69, 9.17) is 9.84 Å². The van der Waals surface area contributed by atoms with Crippen LogP contribution in [0.3, 0.4) is 0 Å². The Morgan fingerprint density at radius 1 is 1.38 bits per heavy atom. The van der Waals surface area contributed by atoms with Gasteiger partial charge in [-0.1, -0.05) is 0 Å². The Labute approximate surface area is 123 Å². The van der Waals surface area contributed by atoms with Crippen molar-refractivity contribution in [1.29, 1.82) is 0 Å². The van der Waals surface area contributed by atoms with Crippen LogP contribution in [-0.4, -0.2) is 48.8 Å². The molecule has 114 valence electrons. The molecule has 1 atom stereocenters. The van der Waals surface area contributed by atoms with Gasteiger partial charge in [-0.05, 0) is 43.7 Å². The number of amides is 1. The maximum Gasteiger partial charge on any atom is 0.307 e. The fraction of sp³-hybridized carbons (Fsp3) is 0.467. The predicted octanol–water partition coefficient (Wildman–Crippen LogP) is 1.18. The number of ether oxygens (including phenoxy) is 1. The second-order valence-corrected chi connectivity index (χ2v) is 5.15. The summed E-state index contributed by atoms with van der Waals surface area (Å²) in [7, 11) is 1.57. The van der Waals surface area contributed by atoms with E-state index in [-0.39, 0.29) is 11.8 Å². The average Bonchev–Trinajstić information content (AvgIpc) is 2.53. The van der Waals surface area contributed by atoms with Crippen molar-refractivity contribution in [2.24, 2.45) is 5.92 Å². The Morgan fingerprint density at radius 2 is 2.10 bits per heavy atom. The van der Waals surface area contributed by atoms with Gasteiger partial charge >= 0.3 is 5.97 Å². The molecule has 21 heavy (non-hydrogen) atoms. The lowest BCUT2D eigenvalue weighted by molar-refractivity contribution is -0.143. The summed E-state index contributed by atoms with van der Waals surface area (Å²) in [6.07, 6.45) is 1.55. The summed E-state index contributed by atoms with van der Waals surface area (Å²) in [4.78, 5) is 25.0. The highest BCUT2D eigenvalue weighted by Crippen LogP contribution is 2.16. The van der Waals surface area contributed by atoms with Crippen molar-refractivity contribution in [3.05, 3.63) is 29.8 Å². The van der Waals surface area contributed by atoms with Gasteiger partial charge in [0.05, 0.1) is 19.7 Å². The molecule has 1 saturated heterocycles. The van der Waals surface area contributed by atoms with E-state index in [0.29, 0.717) is 30.9 Å². The van der Waals surface area contributed by atoms with E-state index in [1.807, 2.05) is 4.90 Å². The minimum absolute atomic E-state index is 0.171. The molecule has 2 rings (SSSR count). The molecule has 1 heterocycles. The van der Waals surface area contributed by atoms with Crippen molar-refractivity contribution in [3.63, 3.8) is 0 Å². The first-order valence-corrected chi connectivity index (χ1v) is 6.97. The standard InChI is InChI=1S/C15H20N2O4/c1-21-13-6-4-11(5-7-13)14(18)16-10-17-8-2-3-12(9-17)15(19)20/h4-7,12H,2-3,8-10H2,1H3,(H,16,18)(H,19,20). The number of aliphatic carboxylic acids is 1. The highest BCUT2D eigenvalue weighted by molar-refractivity contribution is 5.94. The number of carbonyl (C=O) groups is 2. The summed E-state index contributed by atoms with van der Waals surface area (Å²) in [5.41, 5.74) is 0.558. The Kier molecular flexibility index (Phi) is 5.16. The van der Waals surface area contributed by atoms with Gasteiger partial charge < -0.3 is 15.2 Å². The number of rotatable bonds is 5. The smallest absolute Gasteiger partial charge is 0.307 e. The van der Waals surface area contributed by atoms with E-state index in [1.54, 1.807) is 31.4 Å². The number of hydrogen-bond donors (Lipinski definition) is 2. The number of carbonyl (C=O) groups excluding carboxylic acids is 1. The average molecular weight is 292 g/mol. The number of nitrogens with one attached hydrogen (secondary N) is 1. The molecular formula is C15H20N2O4. The molecule has 0 aromatic heterocycles. The normalized spacial score (nSPS) is 19.0. The maximum absolute atomic E-state index is 12.0. The first-order chi connectivity index (χ1) is 10.1. The van der Waals surface area contributed by atoms with Gasteiger partial charge in [-0.25, -0.2) is 0 Å². The van der Waals surface area contributed by atoms with Crippen LogP contribution in [0, 0.1) is 5.92 Å². The molecule has 0 bridgehead atoms. The van der Waals surface area contributed by atoms with Gasteiger partial charge in [-0.3, -0.25) is 14.5 Å². The molecule has 6 nitrogen and oxygen atoms in total. The third-order valence-electron chi connectivity index (χ3n) is 3.67. The van der Waals surface area contributed by atoms with Crippen LogP contribution in [0.2, 0.25) is 0 Å². The molecule has 0 spiro atoms. The Morgan fingerprint density at radius 3 is 2.71 bits per heavy atom. The zero-order chi connectivity index (χ0) is 15.2. The molecule has 0 aliphatic carbocycles. The number of likely N-dealkylation sites (tertiary alicyclic amines) is 1. The first kappa shape index (κ1) is 15.3. The number of piperidine rings is 1. The number of benzene rings is 1. The zero-order valence-electron chi connectivity index (χ0n) is 12.0. The van der Waals surface area contributed by atoms with Gasteiger partial charge in [-0.15, -0.1) is 0 Å². The number of carboxylic acid groups (broad SMARTS) is 1. The number of nitrogens with zero attached hydrogens (tertiary/aromatic N) is 1. The van der Waals surface area contributed by atoms with Crippen molar-refractivity contribution in [1.82, 2.24) is 10.2 Å². The van der Waals surface area contributed by atoms with Crippen molar-refractivity contribution in [3.8, 4) is 5.75 Å². The molecule has 1 aliphatic rings. The zero-order valence-corrected chi connectivity index (χ0v) is 12.0. The van der Waals surface area contributed by atoms with Crippen LogP contribution in [0.15, 0.2) is 24.3 Å². The fourth-order valence-corrected chi connectivity index (χ4v) is 2.43. The van der Waals surface area contributed by atoms with Crippen LogP contribution in [0.1, 0.15) is 23.2 Å². The van der Waals surface area contributed by atoms with E-state index in [9.17, 15) is 9.59 Å². The lowest BCUT2D eigenvalue weighted by Crippen LogP contribution is -2.44. The molecule has 1 unspecified atom stereocenters. The molecule has 1 aromatic carbocycles. The predicted molar refractivity (Wildman–Crippen MR) is 77.3 cm³/mol. The lowest BCUT2D eigenvalue weighted by Gasteiger charge is -2.30. The van der Waals surface area contributed by atoms with Crippen LogP contribution in [0.25, 0.3) is 0 Å². The van der Waals surface area contributed by atoms with Crippen molar-refractivity contribution >= 4 is 11.9 Å². The minimum Gasteiger partial charge on any atom is -0.497 e. The lowest BCUT2D eigenvalue weighted by atomic mass is 9.99. The van der Waals surface area contributed by atoms with Gasteiger partial charge in [0.15, 0.2) is 0 Å². The Balaban J connectivity index is 1.84. The number of carboxylic acids is 1. The van der Waals surface area contributed by atoms with Crippen LogP contribution in [-0.2, 0) is 4.79 Å². The van der Waals surface area contributed by atoms with Crippen molar-refractivity contribution in [2.75, 3.05) is 26.9 Å². The largest absolute Gasteiger partial charge is 0.497 e. The van der Waals surface area contributed by atoms with Gasteiger partial charge in [0.2, 0.25) is 0 Å². The van der Waals surface area contributed by atoms with Crippen LogP contribution in [0.5, 0.6) is 5.75 Å². The minimum atomic E-state index is -0.763. The summed E-state index contributed by atoms with van der Waals surface area (Å²) in [6, 6.07) is 6.86. The molecular weight excluding hydrogens is 272 g/mol. The first-order valence-electron chi connectivity index (χ1n) is 6.97. The molecule has 1 fully saturated rings. The number of methoxy groups -OCH3 is 1. The van der Waals surface area contributed by atoms with Gasteiger partial charge in [-0.2, -0.15) is 0 Å². The molecule has 0 saturated carbocycles. The number of hydrogen-bond acceptors (Lipinski definition) is 4. The highest BCUT2D eigenvalue weighted by atomic mass is 16.5. The molecule has 2 N–H and O–H groups in total. The van der Waals surface area contributed by atoms with E-state index < -0.39 is 5.97 Å². The molecule has 1 aliphatic heterocycles. The third-order valence-corrected chi connectivity index (χ3v) is 3.67. The van der Waals surface area contributed by atoms with Crippen molar-refractivity contribution in [2.45, 2.75) is 12.8 Å². The molecule has 1 aromatic rings. The van der Waals surface area contributed by atoms with E-state index >= 15 is 0 Å². The van der Waals surface area contributed by atoms with Gasteiger partial charge in [0.25, 0.3) is 5.91 Å². The molecule has 6 heteroatoms. The summed E-state index contributed by atoms with van der Waals surface area (Å²) in [6.45, 7) is 1.67. The van der Waals surface area contributed by atoms with Crippen LogP contribution < -0.4 is 10.1 Å². The summed E-state index contributed by atoms with van der Waals surface area (Å²) < 4.78 is 5.04. The molecule has 0 radical (unpaired) electrons. The van der Waals surface area contributed by atoms with Crippen LogP contribution >= 0.6 is 0 Å². The fourth-order valence-electron chi connectivity index (χ4n) is 2.43. The molecule has 1 amide bonds. The summed E-state index contributed by atoms with van der Waals surface area (Å²) in [5.74, 6) is -0.570. The van der Waals surface area contributed by atoms with Gasteiger partial charge in [0.1, 0.15) is 5.75 Å². The van der Waals surface area contributed by atoms with Crippen LogP contribution in [0.4, 0.5) is 0 Å². The van der Waals surface area contributed by atoms with E-state index in [0.717, 1.165) is 13.0 Å². The second kappa shape index (κ2) is 7.08. The highest BCUT2D eigenvalue weighted by Gasteiger charge is 2.25. The van der Waals surface area contributed by atoms with E-state index in [2.05, 4.69) is 5.32 Å². The van der Waals surface area contributed by atoms with Gasteiger partial charge in [0, 0.05) is 12.1 Å². The Bertz CT molecular complexity index is 501. The van der Waals surface area contributed by atoms with Crippen molar-refractivity contribution < 1.29 is 19.4 Å². The summed E-state index contributed by atoms with van der Waals surface area (Å²) >= 11 is 0. The topological polar surface area (TPSA) is 78.9 Å².